The molecule has 0 radical (unpaired) electrons. The molecule has 7 heteroatoms. The monoisotopic (exact) mass is 363 g/mol. The van der Waals surface area contributed by atoms with Crippen LogP contribution in [0.3, 0.4) is 0 Å². The molecule has 1 aromatic carbocycles. The average molecular weight is 363 g/mol. The lowest BCUT2D eigenvalue weighted by molar-refractivity contribution is -0.144. The van der Waals surface area contributed by atoms with E-state index in [1.54, 1.807) is 12.1 Å². The van der Waals surface area contributed by atoms with Crippen LogP contribution in [0.5, 0.6) is 0 Å². The third-order valence-corrected chi connectivity index (χ3v) is 5.70. The minimum atomic E-state index is -0.973. The first kappa shape index (κ1) is 18.8. The molecule has 3 rings (SSSR count). The molecule has 2 aliphatic rings. The molecule has 0 bridgehead atoms. The van der Waals surface area contributed by atoms with E-state index in [9.17, 15) is 14.0 Å². The first-order valence-electron chi connectivity index (χ1n) is 9.06. The number of nitrogens with zero attached hydrogens (tertiary/aromatic N) is 3. The highest BCUT2D eigenvalue weighted by molar-refractivity contribution is 5.81. The van der Waals surface area contributed by atoms with Crippen LogP contribution in [0.25, 0.3) is 0 Å². The SMILES string of the molecule is CN1CCN(Cc2cccc(F)c2)CC12CCC(=O)N(CC(=O)O)CC2. The van der Waals surface area contributed by atoms with Crippen molar-refractivity contribution in [1.82, 2.24) is 14.7 Å². The Labute approximate surface area is 153 Å². The standard InChI is InChI=1S/C19H26FN3O3/c1-21-9-10-22(12-15-3-2-4-16(20)11-15)14-19(21)6-5-17(24)23(8-7-19)13-18(25)26/h2-4,11H,5-10,12-14H2,1H3,(H,25,26). The average Bonchev–Trinajstić information content (AvgIpc) is 2.73. The number of hydrogen-bond acceptors (Lipinski definition) is 4. The van der Waals surface area contributed by atoms with Crippen molar-refractivity contribution in [2.45, 2.75) is 31.3 Å². The molecule has 1 atom stereocenters. The highest BCUT2D eigenvalue weighted by atomic mass is 19.1. The Hall–Kier alpha value is -1.99. The van der Waals surface area contributed by atoms with Gasteiger partial charge in [0, 0.05) is 44.7 Å². The summed E-state index contributed by atoms with van der Waals surface area (Å²) in [6, 6.07) is 6.67. The zero-order valence-electron chi connectivity index (χ0n) is 15.2. The van der Waals surface area contributed by atoms with Crippen LogP contribution in [-0.4, -0.2) is 77.0 Å². The van der Waals surface area contributed by atoms with E-state index in [0.29, 0.717) is 19.5 Å². The predicted molar refractivity (Wildman–Crippen MR) is 95.1 cm³/mol. The second kappa shape index (κ2) is 7.72. The summed E-state index contributed by atoms with van der Waals surface area (Å²) in [4.78, 5) is 29.4. The van der Waals surface area contributed by atoms with Crippen LogP contribution in [0.15, 0.2) is 24.3 Å². The molecule has 2 heterocycles. The van der Waals surface area contributed by atoms with Crippen LogP contribution >= 0.6 is 0 Å². The van der Waals surface area contributed by atoms with E-state index in [0.717, 1.165) is 38.0 Å². The minimum absolute atomic E-state index is 0.0834. The number of carbonyl (C=O) groups is 2. The second-order valence-corrected chi connectivity index (χ2v) is 7.45. The summed E-state index contributed by atoms with van der Waals surface area (Å²) in [6.45, 7) is 3.48. The number of hydrogen-bond donors (Lipinski definition) is 1. The molecule has 2 saturated heterocycles. The zero-order chi connectivity index (χ0) is 18.7. The highest BCUT2D eigenvalue weighted by Crippen LogP contribution is 2.32. The van der Waals surface area contributed by atoms with Gasteiger partial charge in [-0.3, -0.25) is 19.4 Å². The lowest BCUT2D eigenvalue weighted by Crippen LogP contribution is -2.60. The van der Waals surface area contributed by atoms with Gasteiger partial charge in [-0.05, 0) is 37.6 Å². The Morgan fingerprint density at radius 3 is 2.81 bits per heavy atom. The van der Waals surface area contributed by atoms with Crippen LogP contribution in [-0.2, 0) is 16.1 Å². The molecule has 1 aromatic rings. The summed E-state index contributed by atoms with van der Waals surface area (Å²) in [5, 5.41) is 9.01. The first-order valence-corrected chi connectivity index (χ1v) is 9.06. The summed E-state index contributed by atoms with van der Waals surface area (Å²) in [5.41, 5.74) is 0.802. The fourth-order valence-electron chi connectivity index (χ4n) is 4.13. The van der Waals surface area contributed by atoms with Crippen LogP contribution in [0.4, 0.5) is 4.39 Å². The second-order valence-electron chi connectivity index (χ2n) is 7.45. The molecule has 142 valence electrons. The number of aliphatic carboxylic acids is 1. The van der Waals surface area contributed by atoms with E-state index in [1.165, 1.54) is 11.0 Å². The maximum Gasteiger partial charge on any atom is 0.323 e. The van der Waals surface area contributed by atoms with Gasteiger partial charge in [0.15, 0.2) is 0 Å². The maximum absolute atomic E-state index is 13.5. The van der Waals surface area contributed by atoms with Crippen LogP contribution < -0.4 is 0 Å². The molecule has 1 N–H and O–H groups in total. The van der Waals surface area contributed by atoms with Crippen LogP contribution in [0, 0.1) is 5.82 Å². The van der Waals surface area contributed by atoms with E-state index >= 15 is 0 Å². The number of carboxylic acid groups (broad SMARTS) is 1. The van der Waals surface area contributed by atoms with Gasteiger partial charge in [-0.25, -0.2) is 4.39 Å². The fourth-order valence-corrected chi connectivity index (χ4v) is 4.13. The van der Waals surface area contributed by atoms with Crippen LogP contribution in [0.1, 0.15) is 24.8 Å². The van der Waals surface area contributed by atoms with Gasteiger partial charge in [0.1, 0.15) is 12.4 Å². The number of carbonyl (C=O) groups excluding carboxylic acids is 1. The Balaban J connectivity index is 1.71. The third kappa shape index (κ3) is 4.22. The summed E-state index contributed by atoms with van der Waals surface area (Å²) >= 11 is 0. The molecule has 2 fully saturated rings. The number of amides is 1. The quantitative estimate of drug-likeness (QED) is 0.876. The van der Waals surface area contributed by atoms with E-state index in [1.807, 2.05) is 6.07 Å². The summed E-state index contributed by atoms with van der Waals surface area (Å²) < 4.78 is 13.5. The van der Waals surface area contributed by atoms with Crippen molar-refractivity contribution < 1.29 is 19.1 Å². The van der Waals surface area contributed by atoms with Gasteiger partial charge in [-0.1, -0.05) is 12.1 Å². The lowest BCUT2D eigenvalue weighted by Gasteiger charge is -2.49. The topological polar surface area (TPSA) is 64.1 Å². The summed E-state index contributed by atoms with van der Waals surface area (Å²) in [7, 11) is 2.08. The van der Waals surface area contributed by atoms with Gasteiger partial charge < -0.3 is 10.0 Å². The van der Waals surface area contributed by atoms with Crippen molar-refractivity contribution in [2.75, 3.05) is 39.8 Å². The number of likely N-dealkylation sites (tertiary alicyclic amines) is 1. The van der Waals surface area contributed by atoms with Crippen LogP contribution in [0.2, 0.25) is 0 Å². The fraction of sp³-hybridized carbons (Fsp3) is 0.579. The predicted octanol–water partition coefficient (Wildman–Crippen LogP) is 1.41. The van der Waals surface area contributed by atoms with Gasteiger partial charge in [0.05, 0.1) is 0 Å². The van der Waals surface area contributed by atoms with Crippen molar-refractivity contribution in [3.05, 3.63) is 35.6 Å². The molecular weight excluding hydrogens is 337 g/mol. The van der Waals surface area contributed by atoms with E-state index in [2.05, 4.69) is 16.8 Å². The number of likely N-dealkylation sites (N-methyl/N-ethyl adjacent to an activating group) is 1. The van der Waals surface area contributed by atoms with E-state index < -0.39 is 5.97 Å². The van der Waals surface area contributed by atoms with E-state index in [-0.39, 0.29) is 23.8 Å². The largest absolute Gasteiger partial charge is 0.480 e. The molecule has 1 unspecified atom stereocenters. The maximum atomic E-state index is 13.5. The van der Waals surface area contributed by atoms with Crippen molar-refractivity contribution in [1.29, 1.82) is 0 Å². The zero-order valence-corrected chi connectivity index (χ0v) is 15.2. The summed E-state index contributed by atoms with van der Waals surface area (Å²) in [6.07, 6.45) is 1.84. The first-order chi connectivity index (χ1) is 12.4. The number of halogens is 1. The van der Waals surface area contributed by atoms with Gasteiger partial charge in [0.2, 0.25) is 5.91 Å². The highest BCUT2D eigenvalue weighted by Gasteiger charge is 2.42. The van der Waals surface area contributed by atoms with Gasteiger partial charge in [-0.2, -0.15) is 0 Å². The number of benzene rings is 1. The van der Waals surface area contributed by atoms with Crippen molar-refractivity contribution in [2.24, 2.45) is 0 Å². The lowest BCUT2D eigenvalue weighted by atomic mass is 9.86. The molecule has 0 saturated carbocycles. The number of rotatable bonds is 4. The Morgan fingerprint density at radius 2 is 2.08 bits per heavy atom. The Bertz CT molecular complexity index is 684. The third-order valence-electron chi connectivity index (χ3n) is 5.70. The molecule has 26 heavy (non-hydrogen) atoms. The molecular formula is C19H26FN3O3. The Kier molecular flexibility index (Phi) is 5.58. The van der Waals surface area contributed by atoms with Gasteiger partial charge >= 0.3 is 5.97 Å². The van der Waals surface area contributed by atoms with Gasteiger partial charge in [0.25, 0.3) is 0 Å². The molecule has 0 aromatic heterocycles. The molecule has 0 aliphatic carbocycles. The number of piperazine rings is 1. The van der Waals surface area contributed by atoms with Crippen molar-refractivity contribution in [3.63, 3.8) is 0 Å². The molecule has 1 amide bonds. The van der Waals surface area contributed by atoms with Gasteiger partial charge in [-0.15, -0.1) is 0 Å². The van der Waals surface area contributed by atoms with Crippen molar-refractivity contribution >= 4 is 11.9 Å². The summed E-state index contributed by atoms with van der Waals surface area (Å²) in [5.74, 6) is -1.28. The minimum Gasteiger partial charge on any atom is -0.480 e. The molecule has 2 aliphatic heterocycles. The molecule has 1 spiro atoms. The smallest absolute Gasteiger partial charge is 0.323 e. The molecule has 6 nitrogen and oxygen atoms in total. The Morgan fingerprint density at radius 1 is 1.27 bits per heavy atom. The normalized spacial score (nSPS) is 25.5. The van der Waals surface area contributed by atoms with Crippen molar-refractivity contribution in [3.8, 4) is 0 Å². The van der Waals surface area contributed by atoms with E-state index in [4.69, 9.17) is 5.11 Å². The number of carboxylic acids is 1.